The lowest BCUT2D eigenvalue weighted by molar-refractivity contribution is -0.154. The minimum absolute atomic E-state index is 0.0677. The summed E-state index contributed by atoms with van der Waals surface area (Å²) in [5, 5.41) is 4.78. The third kappa shape index (κ3) is 3.33. The minimum Gasteiger partial charge on any atom is -0.325 e. The van der Waals surface area contributed by atoms with Crippen LogP contribution in [0.3, 0.4) is 0 Å². The van der Waals surface area contributed by atoms with E-state index in [9.17, 15) is 24.0 Å². The van der Waals surface area contributed by atoms with Gasteiger partial charge in [-0.1, -0.05) is 12.1 Å². The van der Waals surface area contributed by atoms with Gasteiger partial charge in [0.25, 0.3) is 0 Å². The third-order valence-corrected chi connectivity index (χ3v) is 4.46. The van der Waals surface area contributed by atoms with E-state index in [4.69, 9.17) is 5.73 Å². The van der Waals surface area contributed by atoms with Crippen molar-refractivity contribution in [3.63, 3.8) is 0 Å². The highest BCUT2D eigenvalue weighted by Crippen LogP contribution is 2.27. The van der Waals surface area contributed by atoms with Crippen LogP contribution < -0.4 is 16.4 Å². The Labute approximate surface area is 148 Å². The summed E-state index contributed by atoms with van der Waals surface area (Å²) in [5.41, 5.74) is 6.86. The van der Waals surface area contributed by atoms with Gasteiger partial charge in [0.05, 0.1) is 19.4 Å². The quantitative estimate of drug-likeness (QED) is 0.583. The summed E-state index contributed by atoms with van der Waals surface area (Å²) in [4.78, 5) is 61.3. The van der Waals surface area contributed by atoms with E-state index in [1.165, 1.54) is 0 Å². The lowest BCUT2D eigenvalue weighted by Gasteiger charge is -2.30. The molecule has 2 heterocycles. The van der Waals surface area contributed by atoms with Crippen LogP contribution in [-0.4, -0.2) is 47.0 Å². The maximum absolute atomic E-state index is 12.7. The summed E-state index contributed by atoms with van der Waals surface area (Å²) < 4.78 is 0. The van der Waals surface area contributed by atoms with Crippen molar-refractivity contribution in [3.05, 3.63) is 29.3 Å². The van der Waals surface area contributed by atoms with E-state index < -0.39 is 35.6 Å². The highest BCUT2D eigenvalue weighted by molar-refractivity contribution is 6.08. The Hall–Kier alpha value is -3.07. The SMILES string of the molecule is NCC(=O)Nc1cccc2c1CC(=O)N(C1CCC(=O)NC1=O)C(=O)C2. The summed E-state index contributed by atoms with van der Waals surface area (Å²) in [7, 11) is 0. The van der Waals surface area contributed by atoms with Crippen LogP contribution in [0.5, 0.6) is 0 Å². The lowest BCUT2D eigenvalue weighted by atomic mass is 10.0. The molecular weight excluding hydrogens is 340 g/mol. The summed E-state index contributed by atoms with van der Waals surface area (Å²) in [6.45, 7) is -0.209. The van der Waals surface area contributed by atoms with Gasteiger partial charge in [-0.15, -0.1) is 0 Å². The number of carbonyl (C=O) groups is 5. The number of amides is 5. The summed E-state index contributed by atoms with van der Waals surface area (Å²) in [6.07, 6.45) is -0.0432. The number of anilines is 1. The number of imide groups is 2. The molecule has 2 aliphatic rings. The second kappa shape index (κ2) is 7.04. The Balaban J connectivity index is 1.91. The zero-order chi connectivity index (χ0) is 18.8. The van der Waals surface area contributed by atoms with Gasteiger partial charge in [0.1, 0.15) is 6.04 Å². The summed E-state index contributed by atoms with van der Waals surface area (Å²) >= 11 is 0. The van der Waals surface area contributed by atoms with Crippen molar-refractivity contribution in [1.82, 2.24) is 10.2 Å². The zero-order valence-electron chi connectivity index (χ0n) is 13.9. The number of nitrogens with two attached hydrogens (primary N) is 1. The molecule has 1 atom stereocenters. The smallest absolute Gasteiger partial charge is 0.249 e. The fourth-order valence-electron chi connectivity index (χ4n) is 3.23. The molecule has 0 radical (unpaired) electrons. The average Bonchev–Trinajstić information content (AvgIpc) is 2.71. The Morgan fingerprint density at radius 1 is 1.19 bits per heavy atom. The molecule has 2 aliphatic heterocycles. The van der Waals surface area contributed by atoms with Gasteiger partial charge in [0, 0.05) is 12.1 Å². The topological polar surface area (TPSA) is 139 Å². The monoisotopic (exact) mass is 358 g/mol. The molecule has 0 aromatic heterocycles. The largest absolute Gasteiger partial charge is 0.325 e. The molecule has 1 unspecified atom stereocenters. The van der Waals surface area contributed by atoms with Crippen LogP contribution in [0.15, 0.2) is 18.2 Å². The second-order valence-electron chi connectivity index (χ2n) is 6.17. The number of hydrogen-bond donors (Lipinski definition) is 3. The van der Waals surface area contributed by atoms with Crippen molar-refractivity contribution in [2.75, 3.05) is 11.9 Å². The van der Waals surface area contributed by atoms with Crippen molar-refractivity contribution < 1.29 is 24.0 Å². The second-order valence-corrected chi connectivity index (χ2v) is 6.17. The Morgan fingerprint density at radius 2 is 1.92 bits per heavy atom. The van der Waals surface area contributed by atoms with Gasteiger partial charge in [-0.3, -0.25) is 34.2 Å². The summed E-state index contributed by atoms with van der Waals surface area (Å²) in [5.74, 6) is -2.53. The molecule has 26 heavy (non-hydrogen) atoms. The van der Waals surface area contributed by atoms with Gasteiger partial charge in [-0.05, 0) is 23.6 Å². The molecule has 0 saturated carbocycles. The Bertz CT molecular complexity index is 819. The van der Waals surface area contributed by atoms with E-state index in [1.54, 1.807) is 18.2 Å². The van der Waals surface area contributed by atoms with E-state index in [1.807, 2.05) is 0 Å². The lowest BCUT2D eigenvalue weighted by Crippen LogP contribution is -2.56. The van der Waals surface area contributed by atoms with Crippen LogP contribution in [0.2, 0.25) is 0 Å². The van der Waals surface area contributed by atoms with Crippen LogP contribution in [0, 0.1) is 0 Å². The maximum Gasteiger partial charge on any atom is 0.249 e. The molecule has 1 fully saturated rings. The molecule has 9 heteroatoms. The number of nitrogens with one attached hydrogen (secondary N) is 2. The van der Waals surface area contributed by atoms with Crippen LogP contribution in [-0.2, 0) is 36.8 Å². The predicted octanol–water partition coefficient (Wildman–Crippen LogP) is -1.16. The number of piperidine rings is 1. The molecule has 1 aromatic rings. The van der Waals surface area contributed by atoms with E-state index >= 15 is 0 Å². The van der Waals surface area contributed by atoms with Crippen LogP contribution in [0.25, 0.3) is 0 Å². The van der Waals surface area contributed by atoms with Gasteiger partial charge >= 0.3 is 0 Å². The third-order valence-electron chi connectivity index (χ3n) is 4.46. The molecular formula is C17H18N4O5. The molecule has 9 nitrogen and oxygen atoms in total. The highest BCUT2D eigenvalue weighted by atomic mass is 16.2. The first-order valence-corrected chi connectivity index (χ1v) is 8.20. The van der Waals surface area contributed by atoms with Crippen molar-refractivity contribution in [1.29, 1.82) is 0 Å². The molecule has 0 bridgehead atoms. The Kier molecular flexibility index (Phi) is 4.81. The normalized spacial score (nSPS) is 20.3. The first kappa shape index (κ1) is 17.7. The Morgan fingerprint density at radius 3 is 2.62 bits per heavy atom. The summed E-state index contributed by atoms with van der Waals surface area (Å²) in [6, 6.07) is 4.01. The van der Waals surface area contributed by atoms with Gasteiger partial charge in [-0.2, -0.15) is 0 Å². The minimum atomic E-state index is -0.996. The standard InChI is InChI=1S/C17H18N4O5/c18-8-14(23)19-11-3-1-2-9-6-15(24)21(16(25)7-10(9)11)12-4-5-13(22)20-17(12)26/h1-3,12H,4-8,18H2,(H,19,23)(H,20,22,26). The molecule has 1 aromatic carbocycles. The van der Waals surface area contributed by atoms with Gasteiger partial charge < -0.3 is 11.1 Å². The number of fused-ring (bicyclic) bond motifs is 1. The number of nitrogens with zero attached hydrogens (tertiary/aromatic N) is 1. The highest BCUT2D eigenvalue weighted by Gasteiger charge is 2.40. The zero-order valence-corrected chi connectivity index (χ0v) is 13.9. The fourth-order valence-corrected chi connectivity index (χ4v) is 3.23. The first-order chi connectivity index (χ1) is 12.4. The predicted molar refractivity (Wildman–Crippen MR) is 89.6 cm³/mol. The van der Waals surface area contributed by atoms with Crippen LogP contribution in [0.1, 0.15) is 24.0 Å². The maximum atomic E-state index is 12.7. The van der Waals surface area contributed by atoms with E-state index in [0.717, 1.165) is 4.90 Å². The van der Waals surface area contributed by atoms with Crippen molar-refractivity contribution in [2.45, 2.75) is 31.7 Å². The van der Waals surface area contributed by atoms with Crippen molar-refractivity contribution in [2.24, 2.45) is 5.73 Å². The molecule has 136 valence electrons. The van der Waals surface area contributed by atoms with Gasteiger partial charge in [0.2, 0.25) is 29.5 Å². The molecule has 5 amide bonds. The number of benzene rings is 1. The number of rotatable bonds is 3. The fraction of sp³-hybridized carbons (Fsp3) is 0.353. The van der Waals surface area contributed by atoms with Crippen LogP contribution in [0.4, 0.5) is 5.69 Å². The average molecular weight is 358 g/mol. The molecule has 1 saturated heterocycles. The molecule has 0 aliphatic carbocycles. The van der Waals surface area contributed by atoms with Gasteiger partial charge in [-0.25, -0.2) is 0 Å². The van der Waals surface area contributed by atoms with Crippen LogP contribution >= 0.6 is 0 Å². The molecule has 0 spiro atoms. The first-order valence-electron chi connectivity index (χ1n) is 8.20. The molecule has 3 rings (SSSR count). The van der Waals surface area contributed by atoms with E-state index in [0.29, 0.717) is 16.8 Å². The number of hydrogen-bond acceptors (Lipinski definition) is 6. The van der Waals surface area contributed by atoms with Crippen molar-refractivity contribution >= 4 is 35.2 Å². The van der Waals surface area contributed by atoms with E-state index in [-0.39, 0.29) is 32.2 Å². The van der Waals surface area contributed by atoms with Crippen molar-refractivity contribution in [3.8, 4) is 0 Å². The molecule has 4 N–H and O–H groups in total. The van der Waals surface area contributed by atoms with E-state index in [2.05, 4.69) is 10.6 Å². The van der Waals surface area contributed by atoms with Gasteiger partial charge in [0.15, 0.2) is 0 Å². The number of carbonyl (C=O) groups excluding carboxylic acids is 5.